The van der Waals surface area contributed by atoms with Crippen molar-refractivity contribution in [3.05, 3.63) is 83.1 Å². The monoisotopic (exact) mass is 463 g/mol. The van der Waals surface area contributed by atoms with Crippen LogP contribution in [-0.2, 0) is 6.54 Å². The SMILES string of the molecule is C[C@H](Nc1nccc2c1N(Cc1ccc(F)c(F)c1)CCO2)c1ccc(C(=O)[O-])cc1.[K+]. The van der Waals surface area contributed by atoms with Crippen molar-refractivity contribution in [3.8, 4) is 5.75 Å². The minimum absolute atomic E-state index is 0. The Hall–Kier alpha value is -2.04. The summed E-state index contributed by atoms with van der Waals surface area (Å²) >= 11 is 0. The molecule has 3 aromatic rings. The normalized spacial score (nSPS) is 13.4. The molecular weight excluding hydrogens is 443 g/mol. The molecule has 0 spiro atoms. The second kappa shape index (κ2) is 10.7. The summed E-state index contributed by atoms with van der Waals surface area (Å²) in [6.45, 7) is 3.31. The Bertz CT molecular complexity index is 1110. The Morgan fingerprint density at radius 2 is 1.94 bits per heavy atom. The molecule has 0 amide bonds. The fourth-order valence-corrected chi connectivity index (χ4v) is 3.55. The molecule has 1 atom stereocenters. The number of carbonyl (C=O) groups excluding carboxylic acids is 1. The van der Waals surface area contributed by atoms with Crippen LogP contribution in [0.5, 0.6) is 5.75 Å². The van der Waals surface area contributed by atoms with E-state index in [0.717, 1.165) is 17.3 Å². The Labute approximate surface area is 227 Å². The number of pyridine rings is 1. The summed E-state index contributed by atoms with van der Waals surface area (Å²) in [6.07, 6.45) is 1.63. The van der Waals surface area contributed by atoms with Crippen LogP contribution >= 0.6 is 0 Å². The summed E-state index contributed by atoms with van der Waals surface area (Å²) in [7, 11) is 0. The number of hydrogen-bond acceptors (Lipinski definition) is 6. The van der Waals surface area contributed by atoms with Crippen molar-refractivity contribution < 1.29 is 74.8 Å². The van der Waals surface area contributed by atoms with Gasteiger partial charge in [0.2, 0.25) is 0 Å². The summed E-state index contributed by atoms with van der Waals surface area (Å²) < 4.78 is 32.7. The maximum atomic E-state index is 13.7. The first-order valence-electron chi connectivity index (χ1n) is 9.81. The van der Waals surface area contributed by atoms with Gasteiger partial charge in [-0.2, -0.15) is 0 Å². The number of hydrogen-bond donors (Lipinski definition) is 1. The molecule has 2 aromatic carbocycles. The van der Waals surface area contributed by atoms with Crippen molar-refractivity contribution in [2.75, 3.05) is 23.4 Å². The van der Waals surface area contributed by atoms with Gasteiger partial charge in [0.15, 0.2) is 17.5 Å². The molecule has 0 unspecified atom stereocenters. The van der Waals surface area contributed by atoms with Gasteiger partial charge in [-0.1, -0.05) is 30.3 Å². The predicted molar refractivity (Wildman–Crippen MR) is 110 cm³/mol. The van der Waals surface area contributed by atoms with Crippen LogP contribution in [-0.4, -0.2) is 24.1 Å². The van der Waals surface area contributed by atoms with Crippen LogP contribution in [0.1, 0.15) is 34.5 Å². The van der Waals surface area contributed by atoms with Gasteiger partial charge < -0.3 is 24.9 Å². The number of carbonyl (C=O) groups is 1. The van der Waals surface area contributed by atoms with Gasteiger partial charge in [0, 0.05) is 18.8 Å². The van der Waals surface area contributed by atoms with Gasteiger partial charge >= 0.3 is 51.4 Å². The molecule has 4 rings (SSSR count). The van der Waals surface area contributed by atoms with E-state index >= 15 is 0 Å². The zero-order chi connectivity index (χ0) is 22.0. The van der Waals surface area contributed by atoms with Gasteiger partial charge in [-0.05, 0) is 35.7 Å². The van der Waals surface area contributed by atoms with Crippen molar-refractivity contribution in [1.82, 2.24) is 4.98 Å². The molecule has 0 saturated carbocycles. The minimum atomic E-state index is -1.23. The number of nitrogens with zero attached hydrogens (tertiary/aromatic N) is 2. The van der Waals surface area contributed by atoms with E-state index in [4.69, 9.17) is 4.74 Å². The third-order valence-electron chi connectivity index (χ3n) is 5.18. The van der Waals surface area contributed by atoms with Gasteiger partial charge in [-0.3, -0.25) is 0 Å². The van der Waals surface area contributed by atoms with Crippen LogP contribution in [0, 0.1) is 11.6 Å². The van der Waals surface area contributed by atoms with E-state index in [1.54, 1.807) is 30.5 Å². The van der Waals surface area contributed by atoms with Crippen LogP contribution in [0.2, 0.25) is 0 Å². The number of fused-ring (bicyclic) bond motifs is 1. The van der Waals surface area contributed by atoms with Crippen LogP contribution in [0.4, 0.5) is 20.3 Å². The summed E-state index contributed by atoms with van der Waals surface area (Å²) in [5, 5.41) is 14.3. The van der Waals surface area contributed by atoms with Gasteiger partial charge in [0.05, 0.1) is 18.6 Å². The van der Waals surface area contributed by atoms with Crippen molar-refractivity contribution in [2.45, 2.75) is 19.5 Å². The second-order valence-electron chi connectivity index (χ2n) is 7.30. The van der Waals surface area contributed by atoms with Crippen molar-refractivity contribution in [3.63, 3.8) is 0 Å². The largest absolute Gasteiger partial charge is 1.00 e. The Kier molecular flexibility index (Phi) is 8.24. The molecular formula is C23H20F2KN3O3. The molecule has 1 aromatic heterocycles. The van der Waals surface area contributed by atoms with E-state index in [1.165, 1.54) is 18.2 Å². The molecule has 0 aliphatic carbocycles. The van der Waals surface area contributed by atoms with E-state index in [9.17, 15) is 18.7 Å². The third-order valence-corrected chi connectivity index (χ3v) is 5.18. The maximum absolute atomic E-state index is 13.7. The summed E-state index contributed by atoms with van der Waals surface area (Å²) in [4.78, 5) is 17.4. The summed E-state index contributed by atoms with van der Waals surface area (Å²) in [6, 6.07) is 11.9. The Morgan fingerprint density at radius 3 is 2.62 bits per heavy atom. The molecule has 6 nitrogen and oxygen atoms in total. The fraction of sp³-hybridized carbons (Fsp3) is 0.217. The molecule has 0 fully saturated rings. The first-order valence-corrected chi connectivity index (χ1v) is 9.81. The number of carboxylic acids is 1. The first-order chi connectivity index (χ1) is 14.9. The maximum Gasteiger partial charge on any atom is 1.00 e. The smallest absolute Gasteiger partial charge is 0.545 e. The Morgan fingerprint density at radius 1 is 1.19 bits per heavy atom. The number of carboxylic acid groups (broad SMARTS) is 1. The van der Waals surface area contributed by atoms with Crippen molar-refractivity contribution >= 4 is 17.5 Å². The number of ether oxygens (including phenoxy) is 1. The van der Waals surface area contributed by atoms with E-state index in [0.29, 0.717) is 36.8 Å². The van der Waals surface area contributed by atoms with E-state index in [-0.39, 0.29) is 63.0 Å². The zero-order valence-electron chi connectivity index (χ0n) is 17.8. The molecule has 0 bridgehead atoms. The van der Waals surface area contributed by atoms with E-state index < -0.39 is 17.6 Å². The number of aromatic carboxylic acids is 1. The minimum Gasteiger partial charge on any atom is -0.545 e. The number of anilines is 2. The van der Waals surface area contributed by atoms with Gasteiger partial charge in [0.1, 0.15) is 18.0 Å². The zero-order valence-corrected chi connectivity index (χ0v) is 20.9. The molecule has 1 aliphatic heterocycles. The van der Waals surface area contributed by atoms with Crippen LogP contribution < -0.4 is 71.4 Å². The van der Waals surface area contributed by atoms with Crippen molar-refractivity contribution in [2.24, 2.45) is 0 Å². The van der Waals surface area contributed by atoms with E-state index in [2.05, 4.69) is 10.3 Å². The number of halogens is 2. The average molecular weight is 464 g/mol. The molecule has 2 heterocycles. The standard InChI is InChI=1S/C23H21F2N3O3.K/c1-14(16-3-5-17(6-4-16)23(29)30)27-22-21-20(8-9-26-22)31-11-10-28(21)13-15-2-7-18(24)19(25)12-15;/h2-9,12,14H,10-11,13H2,1H3,(H,26,27)(H,29,30);/q;+1/p-1/t14-;/m0./s1. The third kappa shape index (κ3) is 5.47. The van der Waals surface area contributed by atoms with E-state index in [1.807, 2.05) is 11.8 Å². The topological polar surface area (TPSA) is 77.5 Å². The molecule has 160 valence electrons. The molecule has 32 heavy (non-hydrogen) atoms. The van der Waals surface area contributed by atoms with Crippen LogP contribution in [0.15, 0.2) is 54.7 Å². The molecule has 1 N–H and O–H groups in total. The molecule has 0 saturated heterocycles. The number of benzene rings is 2. The van der Waals surface area contributed by atoms with Gasteiger partial charge in [0.25, 0.3) is 0 Å². The quantitative estimate of drug-likeness (QED) is 0.530. The Balaban J connectivity index is 0.00000289. The van der Waals surface area contributed by atoms with Crippen LogP contribution in [0.25, 0.3) is 0 Å². The second-order valence-corrected chi connectivity index (χ2v) is 7.30. The van der Waals surface area contributed by atoms with Crippen LogP contribution in [0.3, 0.4) is 0 Å². The van der Waals surface area contributed by atoms with Gasteiger partial charge in [-0.15, -0.1) is 0 Å². The molecule has 1 aliphatic rings. The summed E-state index contributed by atoms with van der Waals surface area (Å²) in [5.74, 6) is -1.77. The summed E-state index contributed by atoms with van der Waals surface area (Å²) in [5.41, 5.74) is 2.34. The average Bonchev–Trinajstić information content (AvgIpc) is 2.76. The predicted octanol–water partition coefficient (Wildman–Crippen LogP) is 0.299. The van der Waals surface area contributed by atoms with Crippen molar-refractivity contribution in [1.29, 1.82) is 0 Å². The fourth-order valence-electron chi connectivity index (χ4n) is 3.55. The number of nitrogens with one attached hydrogen (secondary N) is 1. The number of rotatable bonds is 6. The number of aromatic nitrogens is 1. The molecule has 9 heteroatoms. The molecule has 0 radical (unpaired) electrons. The van der Waals surface area contributed by atoms with Gasteiger partial charge in [-0.25, -0.2) is 13.8 Å². The first kappa shape index (κ1) is 24.6.